The maximum Gasteiger partial charge on any atom is 0.289 e. The van der Waals surface area contributed by atoms with E-state index in [2.05, 4.69) is 34.4 Å². The first-order valence-corrected chi connectivity index (χ1v) is 12.6. The average molecular weight is 504 g/mol. The van der Waals surface area contributed by atoms with Crippen LogP contribution >= 0.6 is 34.7 Å². The van der Waals surface area contributed by atoms with E-state index in [1.165, 1.54) is 40.4 Å². The van der Waals surface area contributed by atoms with E-state index in [9.17, 15) is 14.9 Å². The smallest absolute Gasteiger partial charge is 0.289 e. The predicted molar refractivity (Wildman–Crippen MR) is 132 cm³/mol. The molecule has 1 unspecified atom stereocenters. The summed E-state index contributed by atoms with van der Waals surface area (Å²) in [6.45, 7) is 6.66. The highest BCUT2D eigenvalue weighted by Crippen LogP contribution is 2.38. The first kappa shape index (κ1) is 23.5. The van der Waals surface area contributed by atoms with Gasteiger partial charge in [0.1, 0.15) is 5.02 Å². The lowest BCUT2D eigenvalue weighted by Crippen LogP contribution is -2.15. The van der Waals surface area contributed by atoms with Crippen molar-refractivity contribution < 1.29 is 9.72 Å². The normalized spacial score (nSPS) is 15.2. The molecule has 1 aliphatic carbocycles. The fourth-order valence-electron chi connectivity index (χ4n) is 3.81. The van der Waals surface area contributed by atoms with Gasteiger partial charge in [-0.25, -0.2) is 0 Å². The van der Waals surface area contributed by atoms with Gasteiger partial charge in [0.15, 0.2) is 11.0 Å². The average Bonchev–Trinajstić information content (AvgIpc) is 3.37. The Morgan fingerprint density at radius 1 is 1.48 bits per heavy atom. The van der Waals surface area contributed by atoms with Crippen LogP contribution in [0.5, 0.6) is 0 Å². The number of nitrogens with one attached hydrogen (secondary N) is 1. The van der Waals surface area contributed by atoms with Gasteiger partial charge in [-0.1, -0.05) is 36.4 Å². The number of benzene rings is 1. The molecule has 3 aromatic rings. The molecule has 2 aromatic heterocycles. The minimum atomic E-state index is -0.587. The predicted octanol–water partition coefficient (Wildman–Crippen LogP) is 5.61. The first-order valence-electron chi connectivity index (χ1n) is 10.4. The highest BCUT2D eigenvalue weighted by molar-refractivity contribution is 7.99. The summed E-state index contributed by atoms with van der Waals surface area (Å²) in [4.78, 5) is 24.4. The zero-order valence-electron chi connectivity index (χ0n) is 17.9. The van der Waals surface area contributed by atoms with Crippen LogP contribution in [-0.4, -0.2) is 31.3 Å². The Morgan fingerprint density at radius 3 is 3.06 bits per heavy atom. The molecule has 1 aliphatic rings. The van der Waals surface area contributed by atoms with Crippen LogP contribution in [0.4, 0.5) is 11.4 Å². The molecule has 0 aliphatic heterocycles. The molecule has 1 N–H and O–H groups in total. The van der Waals surface area contributed by atoms with E-state index in [0.29, 0.717) is 23.3 Å². The molecule has 8 nitrogen and oxygen atoms in total. The Balaban J connectivity index is 1.49. The molecule has 0 saturated carbocycles. The second-order valence-corrected chi connectivity index (χ2v) is 10.2. The number of thioether (sulfide) groups is 1. The van der Waals surface area contributed by atoms with Crippen molar-refractivity contribution in [2.45, 2.75) is 37.9 Å². The largest absolute Gasteiger partial charge is 0.325 e. The standard InChI is InChI=1S/C22H22ClN5O3S2/c1-3-8-27-21(16-11-32-19-9-13(2)4-6-15(16)19)25-26-22(27)33-12-20(29)24-14-5-7-17(23)18(10-14)28(30)31/h3,5,7,10-11,13H,1,4,6,8-9,12H2,2H3,(H,24,29). The number of allylic oxidation sites excluding steroid dienone is 1. The van der Waals surface area contributed by atoms with Crippen LogP contribution in [0.15, 0.2) is 41.4 Å². The summed E-state index contributed by atoms with van der Waals surface area (Å²) in [6, 6.07) is 4.15. The number of amides is 1. The van der Waals surface area contributed by atoms with Gasteiger partial charge in [0, 0.05) is 34.1 Å². The van der Waals surface area contributed by atoms with E-state index in [1.54, 1.807) is 17.4 Å². The second-order valence-electron chi connectivity index (χ2n) is 7.86. The van der Waals surface area contributed by atoms with Crippen molar-refractivity contribution in [2.75, 3.05) is 11.1 Å². The van der Waals surface area contributed by atoms with E-state index in [4.69, 9.17) is 11.6 Å². The van der Waals surface area contributed by atoms with Crippen LogP contribution in [-0.2, 0) is 24.2 Å². The Morgan fingerprint density at radius 2 is 2.30 bits per heavy atom. The van der Waals surface area contributed by atoms with Crippen molar-refractivity contribution in [3.8, 4) is 11.4 Å². The van der Waals surface area contributed by atoms with Gasteiger partial charge in [0.2, 0.25) is 5.91 Å². The van der Waals surface area contributed by atoms with Crippen molar-refractivity contribution in [2.24, 2.45) is 5.92 Å². The number of carbonyl (C=O) groups excluding carboxylic acids is 1. The molecule has 0 fully saturated rings. The molecule has 1 amide bonds. The number of aromatic nitrogens is 3. The van der Waals surface area contributed by atoms with Gasteiger partial charge < -0.3 is 5.32 Å². The first-order chi connectivity index (χ1) is 15.9. The molecule has 4 rings (SSSR count). The number of hydrogen-bond acceptors (Lipinski definition) is 7. The molecular formula is C22H22ClN5O3S2. The van der Waals surface area contributed by atoms with Gasteiger partial charge in [0.25, 0.3) is 5.69 Å². The van der Waals surface area contributed by atoms with Gasteiger partial charge in [-0.05, 0) is 42.9 Å². The molecule has 0 bridgehead atoms. The molecule has 0 saturated heterocycles. The third kappa shape index (κ3) is 5.13. The summed E-state index contributed by atoms with van der Waals surface area (Å²) < 4.78 is 1.97. The van der Waals surface area contributed by atoms with Crippen LogP contribution in [0.25, 0.3) is 11.4 Å². The Kier molecular flexibility index (Phi) is 7.16. The van der Waals surface area contributed by atoms with E-state index < -0.39 is 4.92 Å². The van der Waals surface area contributed by atoms with Crippen LogP contribution in [0.3, 0.4) is 0 Å². The van der Waals surface area contributed by atoms with Crippen LogP contribution in [0, 0.1) is 16.0 Å². The number of hydrogen-bond donors (Lipinski definition) is 1. The van der Waals surface area contributed by atoms with Gasteiger partial charge >= 0.3 is 0 Å². The van der Waals surface area contributed by atoms with Crippen molar-refractivity contribution in [3.05, 3.63) is 61.8 Å². The Labute approximate surface area is 204 Å². The van der Waals surface area contributed by atoms with Crippen LogP contribution in [0.2, 0.25) is 5.02 Å². The Bertz CT molecular complexity index is 1220. The number of carbonyl (C=O) groups is 1. The van der Waals surface area contributed by atoms with E-state index >= 15 is 0 Å². The third-order valence-corrected chi connectivity index (χ3v) is 7.77. The number of fused-ring (bicyclic) bond motifs is 1. The molecule has 172 valence electrons. The van der Waals surface area contributed by atoms with Crippen molar-refractivity contribution in [1.29, 1.82) is 0 Å². The van der Waals surface area contributed by atoms with Crippen molar-refractivity contribution >= 4 is 52.0 Å². The number of halogens is 1. The number of nitrogens with zero attached hydrogens (tertiary/aromatic N) is 4. The van der Waals surface area contributed by atoms with E-state index in [0.717, 1.165) is 30.7 Å². The molecule has 0 radical (unpaired) electrons. The molecule has 1 aromatic carbocycles. The fraction of sp³-hybridized carbons (Fsp3) is 0.318. The van der Waals surface area contributed by atoms with Gasteiger partial charge in [-0.3, -0.25) is 19.5 Å². The molecule has 2 heterocycles. The monoisotopic (exact) mass is 503 g/mol. The van der Waals surface area contributed by atoms with Gasteiger partial charge in [-0.15, -0.1) is 28.1 Å². The quantitative estimate of drug-likeness (QED) is 0.185. The van der Waals surface area contributed by atoms with Crippen LogP contribution in [0.1, 0.15) is 23.8 Å². The second kappa shape index (κ2) is 10.1. The molecule has 0 spiro atoms. The van der Waals surface area contributed by atoms with Gasteiger partial charge in [0.05, 0.1) is 10.7 Å². The molecule has 1 atom stereocenters. The maximum atomic E-state index is 12.5. The SMILES string of the molecule is C=CCn1c(SCC(=O)Nc2ccc(Cl)c([N+](=O)[O-])c2)nnc1-c1csc2c1CCC(C)C2. The number of nitro groups is 1. The fourth-order valence-corrected chi connectivity index (χ4v) is 5.99. The Hall–Kier alpha value is -2.69. The lowest BCUT2D eigenvalue weighted by Gasteiger charge is -2.19. The number of anilines is 1. The zero-order chi connectivity index (χ0) is 23.5. The molecule has 33 heavy (non-hydrogen) atoms. The number of thiophene rings is 1. The summed E-state index contributed by atoms with van der Waals surface area (Å²) in [5.74, 6) is 1.25. The summed E-state index contributed by atoms with van der Waals surface area (Å²) >= 11 is 8.86. The lowest BCUT2D eigenvalue weighted by atomic mass is 9.88. The number of nitro benzene ring substituents is 1. The topological polar surface area (TPSA) is 103 Å². The van der Waals surface area contributed by atoms with Crippen molar-refractivity contribution in [3.63, 3.8) is 0 Å². The van der Waals surface area contributed by atoms with E-state index in [1.807, 2.05) is 4.57 Å². The van der Waals surface area contributed by atoms with Crippen LogP contribution < -0.4 is 5.32 Å². The molecular weight excluding hydrogens is 482 g/mol. The summed E-state index contributed by atoms with van der Waals surface area (Å²) in [5.41, 5.74) is 2.52. The van der Waals surface area contributed by atoms with Gasteiger partial charge in [-0.2, -0.15) is 0 Å². The van der Waals surface area contributed by atoms with E-state index in [-0.39, 0.29) is 22.4 Å². The number of rotatable bonds is 8. The zero-order valence-corrected chi connectivity index (χ0v) is 20.3. The highest BCUT2D eigenvalue weighted by Gasteiger charge is 2.24. The minimum Gasteiger partial charge on any atom is -0.325 e. The summed E-state index contributed by atoms with van der Waals surface area (Å²) in [5, 5.41) is 25.3. The maximum absolute atomic E-state index is 12.5. The minimum absolute atomic E-state index is 0.0162. The lowest BCUT2D eigenvalue weighted by molar-refractivity contribution is -0.384. The third-order valence-electron chi connectivity index (χ3n) is 5.43. The highest BCUT2D eigenvalue weighted by atomic mass is 35.5. The van der Waals surface area contributed by atoms with Crippen molar-refractivity contribution in [1.82, 2.24) is 14.8 Å². The summed E-state index contributed by atoms with van der Waals surface area (Å²) in [6.07, 6.45) is 5.08. The summed E-state index contributed by atoms with van der Waals surface area (Å²) in [7, 11) is 0. The molecule has 11 heteroatoms.